The summed E-state index contributed by atoms with van der Waals surface area (Å²) in [7, 11) is 0. The fourth-order valence-corrected chi connectivity index (χ4v) is 1.97. The van der Waals surface area contributed by atoms with Crippen LogP contribution in [0.25, 0.3) is 5.65 Å². The van der Waals surface area contributed by atoms with Gasteiger partial charge >= 0.3 is 0 Å². The third-order valence-corrected chi connectivity index (χ3v) is 2.89. The molecular formula is C15H13N3O. The zero-order chi connectivity index (χ0) is 13.2. The molecule has 0 bridgehead atoms. The van der Waals surface area contributed by atoms with Gasteiger partial charge in [-0.15, -0.1) is 0 Å². The molecule has 0 aliphatic rings. The van der Waals surface area contributed by atoms with Crippen LogP contribution in [-0.4, -0.2) is 15.3 Å². The van der Waals surface area contributed by atoms with Gasteiger partial charge in [0.2, 0.25) is 0 Å². The lowest BCUT2D eigenvalue weighted by Crippen LogP contribution is -2.12. The van der Waals surface area contributed by atoms with Gasteiger partial charge in [-0.2, -0.15) is 0 Å². The Bertz CT molecular complexity index is 713. The average molecular weight is 251 g/mol. The number of hydrogen-bond donors (Lipinski definition) is 1. The quantitative estimate of drug-likeness (QED) is 0.761. The molecule has 0 atom stereocenters. The van der Waals surface area contributed by atoms with Gasteiger partial charge in [0.15, 0.2) is 5.82 Å². The highest BCUT2D eigenvalue weighted by Crippen LogP contribution is 2.11. The Morgan fingerprint density at radius 2 is 2.11 bits per heavy atom. The van der Waals surface area contributed by atoms with Crippen molar-refractivity contribution in [2.75, 3.05) is 5.32 Å². The van der Waals surface area contributed by atoms with Crippen LogP contribution in [0.15, 0.2) is 54.9 Å². The minimum absolute atomic E-state index is 0.146. The van der Waals surface area contributed by atoms with E-state index in [1.54, 1.807) is 12.3 Å². The number of fused-ring (bicyclic) bond motifs is 1. The van der Waals surface area contributed by atoms with E-state index in [0.717, 1.165) is 11.2 Å². The Labute approximate surface area is 110 Å². The number of imidazole rings is 1. The van der Waals surface area contributed by atoms with Crippen molar-refractivity contribution in [1.29, 1.82) is 0 Å². The predicted octanol–water partition coefficient (Wildman–Crippen LogP) is 2.90. The number of hydrogen-bond acceptors (Lipinski definition) is 2. The van der Waals surface area contributed by atoms with E-state index in [-0.39, 0.29) is 5.91 Å². The summed E-state index contributed by atoms with van der Waals surface area (Å²) < 4.78 is 1.87. The first-order valence-corrected chi connectivity index (χ1v) is 6.04. The SMILES string of the molecule is Cc1cccc(C(=O)Nc2cn3ccccc3n2)c1. The molecule has 0 fully saturated rings. The van der Waals surface area contributed by atoms with E-state index in [0.29, 0.717) is 11.4 Å². The lowest BCUT2D eigenvalue weighted by atomic mass is 10.1. The van der Waals surface area contributed by atoms with Crippen molar-refractivity contribution >= 4 is 17.4 Å². The van der Waals surface area contributed by atoms with Crippen molar-refractivity contribution in [2.24, 2.45) is 0 Å². The summed E-state index contributed by atoms with van der Waals surface area (Å²) in [4.78, 5) is 16.4. The number of nitrogens with zero attached hydrogens (tertiary/aromatic N) is 2. The molecular weight excluding hydrogens is 238 g/mol. The summed E-state index contributed by atoms with van der Waals surface area (Å²) in [5, 5.41) is 2.80. The second kappa shape index (κ2) is 4.57. The van der Waals surface area contributed by atoms with Crippen molar-refractivity contribution in [2.45, 2.75) is 6.92 Å². The second-order valence-electron chi connectivity index (χ2n) is 4.42. The molecule has 94 valence electrons. The summed E-state index contributed by atoms with van der Waals surface area (Å²) in [6.07, 6.45) is 3.69. The van der Waals surface area contributed by atoms with Gasteiger partial charge in [-0.25, -0.2) is 4.98 Å². The van der Waals surface area contributed by atoms with Crippen LogP contribution in [0.5, 0.6) is 0 Å². The molecule has 3 aromatic rings. The molecule has 2 heterocycles. The Kier molecular flexibility index (Phi) is 2.76. The molecule has 0 spiro atoms. The maximum Gasteiger partial charge on any atom is 0.256 e. The van der Waals surface area contributed by atoms with E-state index in [4.69, 9.17) is 0 Å². The highest BCUT2D eigenvalue weighted by molar-refractivity contribution is 6.03. The fourth-order valence-electron chi connectivity index (χ4n) is 1.97. The number of nitrogens with one attached hydrogen (secondary N) is 1. The van der Waals surface area contributed by atoms with E-state index in [2.05, 4.69) is 10.3 Å². The van der Waals surface area contributed by atoms with Crippen LogP contribution in [0, 0.1) is 6.92 Å². The van der Waals surface area contributed by atoms with E-state index < -0.39 is 0 Å². The monoisotopic (exact) mass is 251 g/mol. The largest absolute Gasteiger partial charge is 0.305 e. The average Bonchev–Trinajstić information content (AvgIpc) is 2.80. The van der Waals surface area contributed by atoms with Crippen LogP contribution in [-0.2, 0) is 0 Å². The van der Waals surface area contributed by atoms with Gasteiger partial charge in [0.05, 0.1) is 6.20 Å². The van der Waals surface area contributed by atoms with Gasteiger partial charge in [0.1, 0.15) is 5.65 Å². The molecule has 0 radical (unpaired) electrons. The standard InChI is InChI=1S/C15H13N3O/c1-11-5-4-6-12(9-11)15(19)17-13-10-18-8-3-2-7-14(18)16-13/h2-10H,1H3,(H,17,19). The second-order valence-corrected chi connectivity index (χ2v) is 4.42. The summed E-state index contributed by atoms with van der Waals surface area (Å²) in [5.41, 5.74) is 2.50. The molecule has 2 aromatic heterocycles. The number of carbonyl (C=O) groups is 1. The molecule has 0 aliphatic carbocycles. The predicted molar refractivity (Wildman–Crippen MR) is 74.3 cm³/mol. The van der Waals surface area contributed by atoms with Crippen LogP contribution in [0.2, 0.25) is 0 Å². The molecule has 4 heteroatoms. The summed E-state index contributed by atoms with van der Waals surface area (Å²) in [6.45, 7) is 1.96. The molecule has 1 aromatic carbocycles. The molecule has 0 saturated carbocycles. The zero-order valence-corrected chi connectivity index (χ0v) is 10.5. The lowest BCUT2D eigenvalue weighted by Gasteiger charge is -2.02. The van der Waals surface area contributed by atoms with Crippen LogP contribution < -0.4 is 5.32 Å². The lowest BCUT2D eigenvalue weighted by molar-refractivity contribution is 0.102. The number of aryl methyl sites for hydroxylation is 1. The van der Waals surface area contributed by atoms with E-state index in [1.165, 1.54) is 0 Å². The van der Waals surface area contributed by atoms with Crippen LogP contribution in [0.3, 0.4) is 0 Å². The highest BCUT2D eigenvalue weighted by Gasteiger charge is 2.08. The normalized spacial score (nSPS) is 10.6. The first-order chi connectivity index (χ1) is 9.22. The number of anilines is 1. The fraction of sp³-hybridized carbons (Fsp3) is 0.0667. The first-order valence-electron chi connectivity index (χ1n) is 6.04. The number of rotatable bonds is 2. The zero-order valence-electron chi connectivity index (χ0n) is 10.5. The van der Waals surface area contributed by atoms with Gasteiger partial charge in [0, 0.05) is 11.8 Å². The minimum atomic E-state index is -0.146. The number of aromatic nitrogens is 2. The molecule has 0 aliphatic heterocycles. The molecule has 0 unspecified atom stereocenters. The van der Waals surface area contributed by atoms with Crippen molar-refractivity contribution in [3.63, 3.8) is 0 Å². The highest BCUT2D eigenvalue weighted by atomic mass is 16.1. The van der Waals surface area contributed by atoms with Crippen LogP contribution in [0.1, 0.15) is 15.9 Å². The Hall–Kier alpha value is -2.62. The first kappa shape index (κ1) is 11.5. The van der Waals surface area contributed by atoms with Crippen LogP contribution >= 0.6 is 0 Å². The third kappa shape index (κ3) is 2.33. The number of carbonyl (C=O) groups excluding carboxylic acids is 1. The van der Waals surface area contributed by atoms with Gasteiger partial charge in [-0.05, 0) is 31.2 Å². The minimum Gasteiger partial charge on any atom is -0.305 e. The van der Waals surface area contributed by atoms with Gasteiger partial charge < -0.3 is 9.72 Å². The van der Waals surface area contributed by atoms with Crippen molar-refractivity contribution in [3.05, 3.63) is 66.0 Å². The third-order valence-electron chi connectivity index (χ3n) is 2.89. The summed E-state index contributed by atoms with van der Waals surface area (Å²) in [5.74, 6) is 0.407. The molecule has 1 N–H and O–H groups in total. The van der Waals surface area contributed by atoms with Gasteiger partial charge in [0.25, 0.3) is 5.91 Å². The van der Waals surface area contributed by atoms with E-state index >= 15 is 0 Å². The van der Waals surface area contributed by atoms with Crippen molar-refractivity contribution < 1.29 is 4.79 Å². The smallest absolute Gasteiger partial charge is 0.256 e. The number of benzene rings is 1. The topological polar surface area (TPSA) is 46.4 Å². The van der Waals surface area contributed by atoms with Gasteiger partial charge in [-0.3, -0.25) is 4.79 Å². The maximum absolute atomic E-state index is 12.1. The van der Waals surface area contributed by atoms with Crippen molar-refractivity contribution in [3.8, 4) is 0 Å². The maximum atomic E-state index is 12.1. The molecule has 19 heavy (non-hydrogen) atoms. The summed E-state index contributed by atoms with van der Waals surface area (Å²) in [6, 6.07) is 13.2. The Balaban J connectivity index is 1.86. The molecule has 3 rings (SSSR count). The van der Waals surface area contributed by atoms with Gasteiger partial charge in [-0.1, -0.05) is 23.8 Å². The summed E-state index contributed by atoms with van der Waals surface area (Å²) >= 11 is 0. The van der Waals surface area contributed by atoms with E-state index in [9.17, 15) is 4.79 Å². The Morgan fingerprint density at radius 3 is 2.89 bits per heavy atom. The Morgan fingerprint density at radius 1 is 1.21 bits per heavy atom. The molecule has 4 nitrogen and oxygen atoms in total. The molecule has 0 saturated heterocycles. The van der Waals surface area contributed by atoms with Crippen molar-refractivity contribution in [1.82, 2.24) is 9.38 Å². The number of amides is 1. The molecule has 1 amide bonds. The van der Waals surface area contributed by atoms with E-state index in [1.807, 2.05) is 53.9 Å². The van der Waals surface area contributed by atoms with Crippen LogP contribution in [0.4, 0.5) is 5.82 Å². The number of pyridine rings is 1.